The molecule has 124 valence electrons. The summed E-state index contributed by atoms with van der Waals surface area (Å²) in [5.41, 5.74) is 7.98. The van der Waals surface area contributed by atoms with Crippen LogP contribution in [-0.2, 0) is 9.53 Å². The van der Waals surface area contributed by atoms with Crippen LogP contribution < -0.4 is 5.32 Å². The average Bonchev–Trinajstić information content (AvgIpc) is 3.02. The molecule has 1 aliphatic carbocycles. The number of nitrogens with one attached hydrogen (secondary N) is 1. The van der Waals surface area contributed by atoms with Crippen LogP contribution >= 0.6 is 0 Å². The normalized spacial score (nSPS) is 27.2. The number of methoxy groups -OCH3 is 1. The summed E-state index contributed by atoms with van der Waals surface area (Å²) in [5, 5.41) is 3.29. The molecule has 3 rings (SSSR count). The van der Waals surface area contributed by atoms with Crippen LogP contribution in [0.2, 0.25) is 0 Å². The Morgan fingerprint density at radius 3 is 2.43 bits per heavy atom. The molecule has 1 spiro atoms. The fourth-order valence-corrected chi connectivity index (χ4v) is 4.41. The molecular formula is C20H27NO2. The third kappa shape index (κ3) is 2.33. The van der Waals surface area contributed by atoms with Gasteiger partial charge in [-0.3, -0.25) is 4.79 Å². The van der Waals surface area contributed by atoms with E-state index >= 15 is 0 Å². The number of rotatable bonds is 2. The number of hydrogen-bond acceptors (Lipinski definition) is 2. The molecule has 1 aliphatic heterocycles. The van der Waals surface area contributed by atoms with Gasteiger partial charge in [-0.15, -0.1) is 0 Å². The lowest BCUT2D eigenvalue weighted by Gasteiger charge is -2.26. The summed E-state index contributed by atoms with van der Waals surface area (Å²) in [6.45, 7) is 10.6. The van der Waals surface area contributed by atoms with Gasteiger partial charge in [-0.25, -0.2) is 0 Å². The second-order valence-corrected chi connectivity index (χ2v) is 7.27. The third-order valence-corrected chi connectivity index (χ3v) is 6.08. The van der Waals surface area contributed by atoms with Crippen molar-refractivity contribution in [3.8, 4) is 0 Å². The molecule has 2 atom stereocenters. The van der Waals surface area contributed by atoms with Gasteiger partial charge >= 0.3 is 0 Å². The highest BCUT2D eigenvalue weighted by Crippen LogP contribution is 2.45. The van der Waals surface area contributed by atoms with E-state index in [1.165, 1.54) is 27.8 Å². The van der Waals surface area contributed by atoms with Crippen LogP contribution in [0.3, 0.4) is 0 Å². The maximum absolute atomic E-state index is 12.8. The van der Waals surface area contributed by atoms with Crippen molar-refractivity contribution in [3.63, 3.8) is 0 Å². The minimum Gasteiger partial charge on any atom is -0.381 e. The summed E-state index contributed by atoms with van der Waals surface area (Å²) in [5.74, 6) is 0.0775. The van der Waals surface area contributed by atoms with Crippen LogP contribution in [0.25, 0.3) is 5.57 Å². The third-order valence-electron chi connectivity index (χ3n) is 6.08. The Morgan fingerprint density at radius 2 is 1.83 bits per heavy atom. The summed E-state index contributed by atoms with van der Waals surface area (Å²) >= 11 is 0. The van der Waals surface area contributed by atoms with Crippen molar-refractivity contribution in [1.29, 1.82) is 0 Å². The molecule has 23 heavy (non-hydrogen) atoms. The lowest BCUT2D eigenvalue weighted by molar-refractivity contribution is -0.116. The van der Waals surface area contributed by atoms with Gasteiger partial charge in [-0.1, -0.05) is 6.07 Å². The Kier molecular flexibility index (Phi) is 3.88. The molecule has 0 bridgehead atoms. The van der Waals surface area contributed by atoms with Crippen LogP contribution in [-0.4, -0.2) is 24.7 Å². The summed E-state index contributed by atoms with van der Waals surface area (Å²) in [7, 11) is 1.76. The highest BCUT2D eigenvalue weighted by molar-refractivity contribution is 6.24. The molecule has 2 unspecified atom stereocenters. The molecule has 1 N–H and O–H groups in total. The first-order valence-corrected chi connectivity index (χ1v) is 8.45. The molecule has 0 saturated heterocycles. The van der Waals surface area contributed by atoms with Crippen molar-refractivity contribution in [2.24, 2.45) is 0 Å². The smallest absolute Gasteiger partial charge is 0.252 e. The maximum Gasteiger partial charge on any atom is 0.252 e. The minimum atomic E-state index is -0.204. The summed E-state index contributed by atoms with van der Waals surface area (Å²) in [6.07, 6.45) is 3.10. The van der Waals surface area contributed by atoms with Gasteiger partial charge in [0.15, 0.2) is 0 Å². The molecular weight excluding hydrogens is 286 g/mol. The summed E-state index contributed by atoms with van der Waals surface area (Å²) in [6, 6.07) is 2.20. The fourth-order valence-electron chi connectivity index (χ4n) is 4.41. The molecule has 1 saturated carbocycles. The molecule has 1 aromatic carbocycles. The first-order chi connectivity index (χ1) is 10.8. The fraction of sp³-hybridized carbons (Fsp3) is 0.550. The van der Waals surface area contributed by atoms with Gasteiger partial charge in [0.05, 0.1) is 11.6 Å². The summed E-state index contributed by atoms with van der Waals surface area (Å²) in [4.78, 5) is 12.8. The van der Waals surface area contributed by atoms with Crippen molar-refractivity contribution in [1.82, 2.24) is 5.32 Å². The lowest BCUT2D eigenvalue weighted by Crippen LogP contribution is -2.42. The Balaban J connectivity index is 2.15. The molecule has 3 nitrogen and oxygen atoms in total. The second kappa shape index (κ2) is 5.48. The molecule has 1 heterocycles. The first kappa shape index (κ1) is 16.3. The van der Waals surface area contributed by atoms with Crippen molar-refractivity contribution in [3.05, 3.63) is 39.5 Å². The van der Waals surface area contributed by atoms with E-state index in [0.717, 1.165) is 30.4 Å². The van der Waals surface area contributed by atoms with Crippen LogP contribution in [0.5, 0.6) is 0 Å². The topological polar surface area (TPSA) is 38.3 Å². The number of carbonyl (C=O) groups is 1. The largest absolute Gasteiger partial charge is 0.381 e. The number of aryl methyl sites for hydroxylation is 2. The van der Waals surface area contributed by atoms with Crippen LogP contribution in [0.15, 0.2) is 11.6 Å². The van der Waals surface area contributed by atoms with Gasteiger partial charge < -0.3 is 10.1 Å². The molecule has 1 fully saturated rings. The number of hydrogen-bond donors (Lipinski definition) is 1. The van der Waals surface area contributed by atoms with E-state index < -0.39 is 0 Å². The first-order valence-electron chi connectivity index (χ1n) is 8.45. The predicted octanol–water partition coefficient (Wildman–Crippen LogP) is 3.76. The Bertz CT molecular complexity index is 717. The second-order valence-electron chi connectivity index (χ2n) is 7.27. The minimum absolute atomic E-state index is 0.0775. The van der Waals surface area contributed by atoms with Gasteiger partial charge in [0.25, 0.3) is 5.91 Å². The van der Waals surface area contributed by atoms with Crippen LogP contribution in [0, 0.1) is 27.7 Å². The van der Waals surface area contributed by atoms with Crippen LogP contribution in [0.4, 0.5) is 0 Å². The molecule has 2 aliphatic rings. The number of amides is 1. The highest BCUT2D eigenvalue weighted by Gasteiger charge is 2.48. The monoisotopic (exact) mass is 313 g/mol. The maximum atomic E-state index is 12.8. The quantitative estimate of drug-likeness (QED) is 0.903. The van der Waals surface area contributed by atoms with Crippen molar-refractivity contribution in [2.75, 3.05) is 7.11 Å². The van der Waals surface area contributed by atoms with Gasteiger partial charge in [-0.2, -0.15) is 0 Å². The predicted molar refractivity (Wildman–Crippen MR) is 93.5 cm³/mol. The molecule has 0 aromatic heterocycles. The van der Waals surface area contributed by atoms with Gasteiger partial charge in [0.2, 0.25) is 0 Å². The van der Waals surface area contributed by atoms with E-state index in [-0.39, 0.29) is 17.6 Å². The van der Waals surface area contributed by atoms with E-state index in [1.807, 2.05) is 0 Å². The van der Waals surface area contributed by atoms with E-state index in [0.29, 0.717) is 0 Å². The highest BCUT2D eigenvalue weighted by atomic mass is 16.5. The van der Waals surface area contributed by atoms with Gasteiger partial charge in [0.1, 0.15) is 0 Å². The molecule has 0 radical (unpaired) electrons. The number of ether oxygens (including phenoxy) is 1. The number of carbonyl (C=O) groups excluding carboxylic acids is 1. The zero-order valence-electron chi connectivity index (χ0n) is 15.1. The summed E-state index contributed by atoms with van der Waals surface area (Å²) < 4.78 is 5.53. The standard InChI is InChI=1S/C20H27NO2/c1-11-9-12(2)17(14(4)13(11)3)18-15(5)20(21-19(18)22)8-7-16(10-20)23-6/h9,16H,7-8,10H2,1-6H3,(H,21,22). The van der Waals surface area contributed by atoms with E-state index in [2.05, 4.69) is 46.0 Å². The van der Waals surface area contributed by atoms with Crippen molar-refractivity contribution < 1.29 is 9.53 Å². The lowest BCUT2D eigenvalue weighted by atomic mass is 9.84. The van der Waals surface area contributed by atoms with Crippen molar-refractivity contribution in [2.45, 2.75) is 65.5 Å². The average molecular weight is 313 g/mol. The molecule has 1 aromatic rings. The Labute approximate surface area is 139 Å². The van der Waals surface area contributed by atoms with Crippen molar-refractivity contribution >= 4 is 11.5 Å². The van der Waals surface area contributed by atoms with Crippen LogP contribution in [0.1, 0.15) is 54.0 Å². The zero-order chi connectivity index (χ0) is 16.9. The SMILES string of the molecule is COC1CCC2(C1)NC(=O)C(c1c(C)cc(C)c(C)c1C)=C2C. The Morgan fingerprint density at radius 1 is 1.13 bits per heavy atom. The van der Waals surface area contributed by atoms with E-state index in [4.69, 9.17) is 4.74 Å². The van der Waals surface area contributed by atoms with Gasteiger partial charge in [0, 0.05) is 19.1 Å². The van der Waals surface area contributed by atoms with Gasteiger partial charge in [-0.05, 0) is 80.9 Å². The molecule has 3 heteroatoms. The Hall–Kier alpha value is -1.61. The zero-order valence-corrected chi connectivity index (χ0v) is 15.1. The number of benzene rings is 1. The van der Waals surface area contributed by atoms with E-state index in [9.17, 15) is 4.79 Å². The van der Waals surface area contributed by atoms with E-state index in [1.54, 1.807) is 7.11 Å². The molecule has 1 amide bonds.